The molecule has 25 heavy (non-hydrogen) atoms. The van der Waals surface area contributed by atoms with Gasteiger partial charge in [0.05, 0.1) is 5.56 Å². The molecule has 136 valence electrons. The fourth-order valence-electron chi connectivity index (χ4n) is 5.43. The van der Waals surface area contributed by atoms with Gasteiger partial charge in [0.1, 0.15) is 5.00 Å². The number of carbonyl (C=O) groups excluding carboxylic acids is 2. The third-order valence-electron chi connectivity index (χ3n) is 6.62. The zero-order valence-corrected chi connectivity index (χ0v) is 15.8. The summed E-state index contributed by atoms with van der Waals surface area (Å²) in [5.74, 6) is 1.83. The molecule has 1 aromatic rings. The number of anilines is 1. The van der Waals surface area contributed by atoms with Crippen LogP contribution in [0.25, 0.3) is 0 Å². The molecule has 1 aromatic heterocycles. The molecule has 3 aliphatic carbocycles. The summed E-state index contributed by atoms with van der Waals surface area (Å²) in [5.41, 5.74) is 7.38. The highest BCUT2D eigenvalue weighted by molar-refractivity contribution is 7.17. The number of hydrogen-bond donors (Lipinski definition) is 2. The van der Waals surface area contributed by atoms with Crippen molar-refractivity contribution in [3.8, 4) is 0 Å². The molecular weight excluding hydrogens is 332 g/mol. The summed E-state index contributed by atoms with van der Waals surface area (Å²) >= 11 is 1.59. The number of hydrogen-bond acceptors (Lipinski definition) is 3. The summed E-state index contributed by atoms with van der Waals surface area (Å²) < 4.78 is 0. The Morgan fingerprint density at radius 3 is 2.72 bits per heavy atom. The molecular formula is C20H28N2O2S. The normalized spacial score (nSPS) is 30.3. The van der Waals surface area contributed by atoms with Crippen LogP contribution in [0.2, 0.25) is 0 Å². The van der Waals surface area contributed by atoms with Gasteiger partial charge in [-0.25, -0.2) is 0 Å². The van der Waals surface area contributed by atoms with Gasteiger partial charge in [-0.15, -0.1) is 11.3 Å². The van der Waals surface area contributed by atoms with Crippen molar-refractivity contribution in [2.24, 2.45) is 29.4 Å². The topological polar surface area (TPSA) is 72.2 Å². The first-order valence-electron chi connectivity index (χ1n) is 9.82. The maximum atomic E-state index is 12.8. The minimum absolute atomic E-state index is 0.110. The van der Waals surface area contributed by atoms with Gasteiger partial charge >= 0.3 is 0 Å². The van der Waals surface area contributed by atoms with Gasteiger partial charge in [0.25, 0.3) is 5.91 Å². The van der Waals surface area contributed by atoms with Crippen LogP contribution in [0.5, 0.6) is 0 Å². The first-order chi connectivity index (χ1) is 12.1. The SMILES string of the molecule is CCC[C@@H]1CCc2c(sc(NC(=O)[C@H]3C[C@H]4CC[C@H]3C4)c2C(N)=O)C1. The van der Waals surface area contributed by atoms with E-state index in [-0.39, 0.29) is 11.8 Å². The Labute approximate surface area is 153 Å². The van der Waals surface area contributed by atoms with Crippen LogP contribution in [0.15, 0.2) is 0 Å². The molecule has 4 nitrogen and oxygen atoms in total. The molecule has 4 atom stereocenters. The van der Waals surface area contributed by atoms with E-state index in [4.69, 9.17) is 5.73 Å². The number of primary amides is 1. The standard InChI is InChI=1S/C20H28N2O2S/c1-2-3-11-5-7-14-16(10-11)25-20(17(14)18(21)23)22-19(24)15-9-12-4-6-13(15)8-12/h11-13,15H,2-10H2,1H3,(H2,21,23)(H,22,24)/t11-,12+,13+,15+/m1/s1. The summed E-state index contributed by atoms with van der Waals surface area (Å²) in [6, 6.07) is 0. The number of carbonyl (C=O) groups is 2. The molecule has 0 aromatic carbocycles. The first kappa shape index (κ1) is 17.1. The second kappa shape index (κ2) is 6.75. The zero-order valence-electron chi connectivity index (χ0n) is 15.0. The van der Waals surface area contributed by atoms with Crippen LogP contribution >= 0.6 is 11.3 Å². The van der Waals surface area contributed by atoms with Crippen molar-refractivity contribution in [2.45, 2.75) is 64.7 Å². The lowest BCUT2D eigenvalue weighted by atomic mass is 9.84. The predicted molar refractivity (Wildman–Crippen MR) is 101 cm³/mol. The molecule has 2 amide bonds. The Balaban J connectivity index is 1.55. The summed E-state index contributed by atoms with van der Waals surface area (Å²) in [5, 5.41) is 3.81. The van der Waals surface area contributed by atoms with E-state index in [1.807, 2.05) is 0 Å². The minimum atomic E-state index is -0.394. The zero-order chi connectivity index (χ0) is 17.6. The van der Waals surface area contributed by atoms with Gasteiger partial charge in [-0.2, -0.15) is 0 Å². The molecule has 0 saturated heterocycles. The number of nitrogens with two attached hydrogens (primary N) is 1. The van der Waals surface area contributed by atoms with Crippen LogP contribution in [-0.2, 0) is 17.6 Å². The molecule has 5 heteroatoms. The van der Waals surface area contributed by atoms with Crippen molar-refractivity contribution in [1.29, 1.82) is 0 Å². The number of thiophene rings is 1. The maximum absolute atomic E-state index is 12.8. The van der Waals surface area contributed by atoms with Crippen molar-refractivity contribution >= 4 is 28.2 Å². The van der Waals surface area contributed by atoms with E-state index in [2.05, 4.69) is 12.2 Å². The number of amides is 2. The van der Waals surface area contributed by atoms with Crippen molar-refractivity contribution in [3.05, 3.63) is 16.0 Å². The predicted octanol–water partition coefficient (Wildman–Crippen LogP) is 4.13. The van der Waals surface area contributed by atoms with Crippen LogP contribution < -0.4 is 11.1 Å². The molecule has 2 fully saturated rings. The largest absolute Gasteiger partial charge is 0.365 e. The maximum Gasteiger partial charge on any atom is 0.251 e. The van der Waals surface area contributed by atoms with Crippen LogP contribution in [0.1, 0.15) is 72.7 Å². The molecule has 1 heterocycles. The Bertz CT molecular complexity index is 696. The average molecular weight is 361 g/mol. The van der Waals surface area contributed by atoms with Gasteiger partial charge in [-0.3, -0.25) is 9.59 Å². The van der Waals surface area contributed by atoms with E-state index in [1.165, 1.54) is 37.0 Å². The number of rotatable bonds is 5. The first-order valence-corrected chi connectivity index (χ1v) is 10.6. The lowest BCUT2D eigenvalue weighted by Crippen LogP contribution is -2.28. The van der Waals surface area contributed by atoms with Gasteiger partial charge in [-0.1, -0.05) is 26.2 Å². The van der Waals surface area contributed by atoms with Gasteiger partial charge in [0, 0.05) is 10.8 Å². The van der Waals surface area contributed by atoms with E-state index >= 15 is 0 Å². The fourth-order valence-corrected chi connectivity index (χ4v) is 6.80. The lowest BCUT2D eigenvalue weighted by Gasteiger charge is -2.21. The van der Waals surface area contributed by atoms with Gasteiger partial charge in [-0.05, 0) is 61.8 Å². The van der Waals surface area contributed by atoms with Crippen molar-refractivity contribution in [3.63, 3.8) is 0 Å². The van der Waals surface area contributed by atoms with Crippen LogP contribution in [0, 0.1) is 23.7 Å². The molecule has 0 radical (unpaired) electrons. The Morgan fingerprint density at radius 1 is 1.24 bits per heavy atom. The minimum Gasteiger partial charge on any atom is -0.365 e. The Morgan fingerprint density at radius 2 is 2.08 bits per heavy atom. The Kier molecular flexibility index (Phi) is 4.61. The summed E-state index contributed by atoms with van der Waals surface area (Å²) in [4.78, 5) is 26.1. The van der Waals surface area contributed by atoms with Crippen molar-refractivity contribution < 1.29 is 9.59 Å². The third kappa shape index (κ3) is 3.12. The highest BCUT2D eigenvalue weighted by atomic mass is 32.1. The number of fused-ring (bicyclic) bond motifs is 3. The number of nitrogens with one attached hydrogen (secondary N) is 1. The second-order valence-electron chi connectivity index (χ2n) is 8.24. The van der Waals surface area contributed by atoms with Gasteiger partial charge in [0.15, 0.2) is 0 Å². The molecule has 3 aliphatic rings. The quantitative estimate of drug-likeness (QED) is 0.829. The average Bonchev–Trinajstić information content (AvgIpc) is 3.27. The van der Waals surface area contributed by atoms with E-state index in [0.717, 1.165) is 37.2 Å². The van der Waals surface area contributed by atoms with Gasteiger partial charge < -0.3 is 11.1 Å². The van der Waals surface area contributed by atoms with Crippen molar-refractivity contribution in [1.82, 2.24) is 0 Å². The molecule has 3 N–H and O–H groups in total. The summed E-state index contributed by atoms with van der Waals surface area (Å²) in [6.45, 7) is 2.22. The monoisotopic (exact) mass is 360 g/mol. The van der Waals surface area contributed by atoms with Crippen LogP contribution in [0.3, 0.4) is 0 Å². The highest BCUT2D eigenvalue weighted by Gasteiger charge is 2.43. The Hall–Kier alpha value is -1.36. The molecule has 2 saturated carbocycles. The molecule has 0 unspecified atom stereocenters. The molecule has 2 bridgehead atoms. The molecule has 0 spiro atoms. The van der Waals surface area contributed by atoms with E-state index in [1.54, 1.807) is 11.3 Å². The lowest BCUT2D eigenvalue weighted by molar-refractivity contribution is -0.121. The molecule has 4 rings (SSSR count). The van der Waals surface area contributed by atoms with E-state index in [0.29, 0.717) is 22.4 Å². The van der Waals surface area contributed by atoms with E-state index in [9.17, 15) is 9.59 Å². The van der Waals surface area contributed by atoms with Gasteiger partial charge in [0.2, 0.25) is 5.91 Å². The summed E-state index contributed by atoms with van der Waals surface area (Å²) in [7, 11) is 0. The van der Waals surface area contributed by atoms with Crippen LogP contribution in [0.4, 0.5) is 5.00 Å². The molecule has 0 aliphatic heterocycles. The summed E-state index contributed by atoms with van der Waals surface area (Å²) in [6.07, 6.45) is 10.2. The fraction of sp³-hybridized carbons (Fsp3) is 0.700. The van der Waals surface area contributed by atoms with Crippen molar-refractivity contribution in [2.75, 3.05) is 5.32 Å². The third-order valence-corrected chi connectivity index (χ3v) is 7.79. The van der Waals surface area contributed by atoms with Crippen LogP contribution in [-0.4, -0.2) is 11.8 Å². The second-order valence-corrected chi connectivity index (χ2v) is 9.35. The van der Waals surface area contributed by atoms with E-state index < -0.39 is 5.91 Å². The highest BCUT2D eigenvalue weighted by Crippen LogP contribution is 2.49. The smallest absolute Gasteiger partial charge is 0.251 e.